The van der Waals surface area contributed by atoms with Crippen molar-refractivity contribution in [2.45, 2.75) is 50.0 Å². The zero-order valence-electron chi connectivity index (χ0n) is 27.8. The molecule has 3 aliphatic rings. The van der Waals surface area contributed by atoms with E-state index in [9.17, 15) is 14.7 Å². The number of amidine groups is 1. The highest BCUT2D eigenvalue weighted by Crippen LogP contribution is 2.42. The minimum Gasteiger partial charge on any atom is -0.497 e. The molecule has 2 amide bonds. The minimum absolute atomic E-state index is 0.0680. The van der Waals surface area contributed by atoms with Crippen molar-refractivity contribution in [3.8, 4) is 11.5 Å². The van der Waals surface area contributed by atoms with E-state index < -0.39 is 48.0 Å². The second-order valence-electron chi connectivity index (χ2n) is 12.0. The van der Waals surface area contributed by atoms with E-state index in [2.05, 4.69) is 20.3 Å². The Bertz CT molecular complexity index is 1700. The van der Waals surface area contributed by atoms with Gasteiger partial charge in [0.15, 0.2) is 18.1 Å². The van der Waals surface area contributed by atoms with Crippen LogP contribution in [0.4, 0.5) is 0 Å². The van der Waals surface area contributed by atoms with Crippen LogP contribution in [-0.2, 0) is 29.4 Å². The third-order valence-electron chi connectivity index (χ3n) is 8.76. The smallest absolute Gasteiger partial charge is 0.259 e. The molecule has 1 fully saturated rings. The molecule has 0 aromatic heterocycles. The molecular formula is C36H39N5O8. The van der Waals surface area contributed by atoms with E-state index in [-0.39, 0.29) is 24.3 Å². The van der Waals surface area contributed by atoms with Crippen LogP contribution in [0, 0.1) is 5.92 Å². The first-order valence-electron chi connectivity index (χ1n) is 15.9. The zero-order chi connectivity index (χ0) is 34.7. The molecule has 5 atom stereocenters. The number of fused-ring (bicyclic) bond motifs is 1. The number of amides is 2. The average Bonchev–Trinajstić information content (AvgIpc) is 3.69. The fraction of sp³-hybridized carbons (Fsp3) is 0.361. The van der Waals surface area contributed by atoms with Crippen LogP contribution in [0.2, 0.25) is 0 Å². The molecule has 0 bridgehead atoms. The number of carbonyl (C=O) groups is 2. The van der Waals surface area contributed by atoms with Crippen molar-refractivity contribution in [1.82, 2.24) is 10.2 Å². The fourth-order valence-corrected chi connectivity index (χ4v) is 6.12. The van der Waals surface area contributed by atoms with Crippen molar-refractivity contribution >= 4 is 29.9 Å². The van der Waals surface area contributed by atoms with E-state index in [0.29, 0.717) is 11.5 Å². The molecule has 13 heteroatoms. The highest BCUT2D eigenvalue weighted by atomic mass is 16.6. The Morgan fingerprint density at radius 2 is 1.55 bits per heavy atom. The van der Waals surface area contributed by atoms with Crippen LogP contribution < -0.4 is 14.8 Å². The quantitative estimate of drug-likeness (QED) is 0.294. The lowest BCUT2D eigenvalue weighted by Gasteiger charge is -2.37. The van der Waals surface area contributed by atoms with E-state index in [1.54, 1.807) is 28.1 Å². The van der Waals surface area contributed by atoms with Gasteiger partial charge >= 0.3 is 0 Å². The number of carbonyl (C=O) groups excluding carboxylic acids is 2. The number of aliphatic hydroxyl groups is 1. The van der Waals surface area contributed by atoms with Crippen LogP contribution in [0.5, 0.6) is 11.5 Å². The number of methoxy groups -OCH3 is 3. The number of hydrogen-bond acceptors (Lipinski definition) is 10. The summed E-state index contributed by atoms with van der Waals surface area (Å²) < 4.78 is 30.1. The molecule has 3 aromatic rings. The first-order chi connectivity index (χ1) is 23.7. The lowest BCUT2D eigenvalue weighted by atomic mass is 9.80. The van der Waals surface area contributed by atoms with Gasteiger partial charge < -0.3 is 28.8 Å². The predicted molar refractivity (Wildman–Crippen MR) is 181 cm³/mol. The van der Waals surface area contributed by atoms with Gasteiger partial charge in [-0.1, -0.05) is 68.4 Å². The van der Waals surface area contributed by atoms with Crippen molar-refractivity contribution in [2.75, 3.05) is 27.9 Å². The molecule has 3 aromatic carbocycles. The molecule has 1 saturated heterocycles. The molecule has 6 rings (SSSR count). The molecular weight excluding hydrogens is 630 g/mol. The van der Waals surface area contributed by atoms with Gasteiger partial charge in [0.25, 0.3) is 11.8 Å². The van der Waals surface area contributed by atoms with Crippen LogP contribution in [0.15, 0.2) is 93.8 Å². The maximum absolute atomic E-state index is 12.9. The van der Waals surface area contributed by atoms with Gasteiger partial charge in [0, 0.05) is 13.0 Å². The molecule has 0 saturated carbocycles. The summed E-state index contributed by atoms with van der Waals surface area (Å²) in [4.78, 5) is 39.4. The number of aliphatic imine (C=N–C) groups is 3. The molecule has 0 spiro atoms. The Kier molecular flexibility index (Phi) is 9.88. The van der Waals surface area contributed by atoms with Crippen LogP contribution in [0.25, 0.3) is 0 Å². The van der Waals surface area contributed by atoms with Gasteiger partial charge in [-0.2, -0.15) is 9.98 Å². The summed E-state index contributed by atoms with van der Waals surface area (Å²) >= 11 is 0. The van der Waals surface area contributed by atoms with Crippen molar-refractivity contribution in [3.05, 3.63) is 95.6 Å². The number of nitrogens with one attached hydrogen (secondary N) is 1. The molecule has 13 nitrogen and oxygen atoms in total. The van der Waals surface area contributed by atoms with E-state index in [0.717, 1.165) is 16.7 Å². The van der Waals surface area contributed by atoms with E-state index >= 15 is 0 Å². The normalized spacial score (nSPS) is 24.2. The molecule has 256 valence electrons. The van der Waals surface area contributed by atoms with Crippen molar-refractivity contribution in [2.24, 2.45) is 20.9 Å². The van der Waals surface area contributed by atoms with Crippen molar-refractivity contribution in [3.63, 3.8) is 0 Å². The van der Waals surface area contributed by atoms with Crippen molar-refractivity contribution < 1.29 is 38.4 Å². The summed E-state index contributed by atoms with van der Waals surface area (Å²) in [5, 5.41) is 14.1. The summed E-state index contributed by atoms with van der Waals surface area (Å²) in [6, 6.07) is 24.1. The third kappa shape index (κ3) is 6.45. The van der Waals surface area contributed by atoms with Gasteiger partial charge in [-0.05, 0) is 41.0 Å². The predicted octanol–water partition coefficient (Wildman–Crippen LogP) is 2.89. The average molecular weight is 670 g/mol. The first kappa shape index (κ1) is 33.9. The van der Waals surface area contributed by atoms with E-state index in [1.807, 2.05) is 78.9 Å². The lowest BCUT2D eigenvalue weighted by Crippen LogP contribution is -2.53. The molecule has 2 N–H and O–H groups in total. The van der Waals surface area contributed by atoms with Gasteiger partial charge in [0.1, 0.15) is 35.4 Å². The fourth-order valence-electron chi connectivity index (χ4n) is 6.12. The SMILES string of the molecule is COc1ccc(C(OC[C@H]2O[C@@H](N3C=NC4C(=O)NC(=NC(=O)C(C)C)N=C43)[C@H](OC)[C@@H]2O)(c2ccccc2)c2ccc(OC)cc2)cc1. The van der Waals surface area contributed by atoms with Crippen molar-refractivity contribution in [1.29, 1.82) is 0 Å². The molecule has 49 heavy (non-hydrogen) atoms. The maximum Gasteiger partial charge on any atom is 0.259 e. The summed E-state index contributed by atoms with van der Waals surface area (Å²) in [7, 11) is 4.68. The lowest BCUT2D eigenvalue weighted by molar-refractivity contribution is -0.120. The summed E-state index contributed by atoms with van der Waals surface area (Å²) in [6.07, 6.45) is -2.40. The number of nitrogens with zero attached hydrogens (tertiary/aromatic N) is 4. The maximum atomic E-state index is 12.9. The Morgan fingerprint density at radius 1 is 0.959 bits per heavy atom. The number of guanidine groups is 1. The van der Waals surface area contributed by atoms with Crippen LogP contribution >= 0.6 is 0 Å². The largest absolute Gasteiger partial charge is 0.497 e. The number of benzene rings is 3. The Labute approximate surface area is 284 Å². The highest BCUT2D eigenvalue weighted by molar-refractivity contribution is 6.24. The molecule has 3 aliphatic heterocycles. The van der Waals surface area contributed by atoms with E-state index in [4.69, 9.17) is 23.7 Å². The summed E-state index contributed by atoms with van der Waals surface area (Å²) in [5.74, 6) is 0.139. The van der Waals surface area contributed by atoms with Crippen LogP contribution in [0.3, 0.4) is 0 Å². The topological polar surface area (TPSA) is 153 Å². The van der Waals surface area contributed by atoms with Gasteiger partial charge in [-0.3, -0.25) is 24.8 Å². The zero-order valence-corrected chi connectivity index (χ0v) is 27.8. The van der Waals surface area contributed by atoms with Crippen LogP contribution in [0.1, 0.15) is 30.5 Å². The number of aliphatic hydroxyl groups excluding tert-OH is 1. The Balaban J connectivity index is 1.34. The molecule has 3 heterocycles. The van der Waals surface area contributed by atoms with Gasteiger partial charge in [-0.15, -0.1) is 0 Å². The second-order valence-corrected chi connectivity index (χ2v) is 12.0. The van der Waals surface area contributed by atoms with E-state index in [1.165, 1.54) is 18.3 Å². The van der Waals surface area contributed by atoms with Crippen LogP contribution in [-0.4, -0.2) is 98.5 Å². The van der Waals surface area contributed by atoms with Gasteiger partial charge in [-0.25, -0.2) is 0 Å². The molecule has 1 unspecified atom stereocenters. The highest BCUT2D eigenvalue weighted by Gasteiger charge is 2.52. The monoisotopic (exact) mass is 669 g/mol. The van der Waals surface area contributed by atoms with Gasteiger partial charge in [0.2, 0.25) is 5.96 Å². The molecule has 0 radical (unpaired) electrons. The number of hydrogen-bond donors (Lipinski definition) is 2. The standard InChI is InChI=1S/C36H39N5O8/c1-21(2)32(43)39-35-38-31-28(33(44)40-35)37-20-41(31)34-30(47-5)29(42)27(49-34)19-48-36(22-9-7-6-8-10-22,23-11-15-25(45-3)16-12-23)24-13-17-26(46-4)18-14-24/h6-18,20-21,27-30,34,42H,19H2,1-5H3,(H,39,40,43,44)/t27-,28?,29-,30-,34-/m1/s1. The van der Waals surface area contributed by atoms with Gasteiger partial charge in [0.05, 0.1) is 27.2 Å². The Hall–Kier alpha value is -4.95. The number of ether oxygens (including phenoxy) is 5. The third-order valence-corrected chi connectivity index (χ3v) is 8.76. The number of rotatable bonds is 11. The summed E-state index contributed by atoms with van der Waals surface area (Å²) in [6.45, 7) is 3.33. The minimum atomic E-state index is -1.15. The first-order valence-corrected chi connectivity index (χ1v) is 15.9. The summed E-state index contributed by atoms with van der Waals surface area (Å²) in [5.41, 5.74) is 1.33. The Morgan fingerprint density at radius 3 is 2.10 bits per heavy atom. The second kappa shape index (κ2) is 14.3. The molecule has 0 aliphatic carbocycles.